The summed E-state index contributed by atoms with van der Waals surface area (Å²) in [5, 5.41) is 3.37. The molecule has 0 aliphatic rings. The van der Waals surface area contributed by atoms with Crippen LogP contribution in [0.4, 0.5) is 5.69 Å². The first kappa shape index (κ1) is 17.0. The molecule has 0 unspecified atom stereocenters. The first-order valence-corrected chi connectivity index (χ1v) is 7.67. The number of ether oxygens (including phenoxy) is 1. The van der Waals surface area contributed by atoms with Gasteiger partial charge in [0.2, 0.25) is 0 Å². The molecule has 2 rings (SSSR count). The Morgan fingerprint density at radius 1 is 1.13 bits per heavy atom. The average molecular weight is 312 g/mol. The maximum atomic E-state index is 11.9. The molecule has 0 bridgehead atoms. The fourth-order valence-electron chi connectivity index (χ4n) is 2.41. The lowest BCUT2D eigenvalue weighted by Crippen LogP contribution is -2.37. The van der Waals surface area contributed by atoms with E-state index in [4.69, 9.17) is 10.5 Å². The number of esters is 1. The summed E-state index contributed by atoms with van der Waals surface area (Å²) in [4.78, 5) is 11.9. The van der Waals surface area contributed by atoms with Crippen molar-refractivity contribution >= 4 is 11.7 Å². The van der Waals surface area contributed by atoms with E-state index in [1.54, 1.807) is 13.8 Å². The van der Waals surface area contributed by atoms with Crippen molar-refractivity contribution in [3.63, 3.8) is 0 Å². The van der Waals surface area contributed by atoms with Crippen LogP contribution >= 0.6 is 0 Å². The zero-order valence-corrected chi connectivity index (χ0v) is 13.9. The van der Waals surface area contributed by atoms with Gasteiger partial charge < -0.3 is 15.8 Å². The lowest BCUT2D eigenvalue weighted by molar-refractivity contribution is -0.152. The van der Waals surface area contributed by atoms with Gasteiger partial charge in [-0.15, -0.1) is 0 Å². The molecule has 2 aromatic carbocycles. The van der Waals surface area contributed by atoms with Crippen LogP contribution in [0, 0.1) is 5.41 Å². The molecule has 0 saturated heterocycles. The molecule has 0 aliphatic heterocycles. The first-order valence-electron chi connectivity index (χ1n) is 7.67. The lowest BCUT2D eigenvalue weighted by Gasteiger charge is -2.29. The van der Waals surface area contributed by atoms with E-state index in [1.165, 1.54) is 12.7 Å². The predicted molar refractivity (Wildman–Crippen MR) is 92.9 cm³/mol. The summed E-state index contributed by atoms with van der Waals surface area (Å²) in [6, 6.07) is 17.6. The van der Waals surface area contributed by atoms with Crippen LogP contribution in [0.1, 0.15) is 31.0 Å². The number of carbonyl (C=O) groups excluding carboxylic acids is 1. The Morgan fingerprint density at radius 2 is 1.74 bits per heavy atom. The Bertz CT molecular complexity index is 636. The van der Waals surface area contributed by atoms with Gasteiger partial charge in [-0.05, 0) is 37.1 Å². The molecule has 1 atom stereocenters. The third-order valence-electron chi connectivity index (χ3n) is 4.10. The molecule has 0 radical (unpaired) electrons. The highest BCUT2D eigenvalue weighted by molar-refractivity contribution is 5.77. The van der Waals surface area contributed by atoms with Crippen LogP contribution in [0.5, 0.6) is 0 Å². The zero-order valence-electron chi connectivity index (χ0n) is 13.9. The van der Waals surface area contributed by atoms with Gasteiger partial charge in [-0.3, -0.25) is 4.79 Å². The summed E-state index contributed by atoms with van der Waals surface area (Å²) in [5.74, 6) is -0.309. The number of nitrogens with two attached hydrogens (primary N) is 1. The third kappa shape index (κ3) is 4.11. The molecule has 4 heteroatoms. The van der Waals surface area contributed by atoms with Gasteiger partial charge >= 0.3 is 5.97 Å². The highest BCUT2D eigenvalue weighted by atomic mass is 16.5. The number of rotatable bonds is 6. The minimum Gasteiger partial charge on any atom is -0.469 e. The van der Waals surface area contributed by atoms with Crippen LogP contribution in [-0.4, -0.2) is 13.1 Å². The van der Waals surface area contributed by atoms with Crippen molar-refractivity contribution in [3.8, 4) is 0 Å². The molecular weight excluding hydrogens is 288 g/mol. The summed E-state index contributed by atoms with van der Waals surface area (Å²) in [6.45, 7) is 4.36. The molecule has 0 aromatic heterocycles. The number of hydrogen-bond acceptors (Lipinski definition) is 4. The van der Waals surface area contributed by atoms with Crippen LogP contribution in [0.15, 0.2) is 54.6 Å². The first-order chi connectivity index (χ1) is 10.9. The second-order valence-corrected chi connectivity index (χ2v) is 6.15. The van der Waals surface area contributed by atoms with Crippen molar-refractivity contribution in [2.24, 2.45) is 11.1 Å². The maximum Gasteiger partial charge on any atom is 0.313 e. The Morgan fingerprint density at radius 3 is 2.30 bits per heavy atom. The van der Waals surface area contributed by atoms with Gasteiger partial charge in [0.1, 0.15) is 0 Å². The quantitative estimate of drug-likeness (QED) is 0.801. The molecule has 0 aliphatic carbocycles. The normalized spacial score (nSPS) is 12.5. The highest BCUT2D eigenvalue weighted by Crippen LogP contribution is 2.32. The van der Waals surface area contributed by atoms with Crippen molar-refractivity contribution in [2.75, 3.05) is 12.4 Å². The van der Waals surface area contributed by atoms with Gasteiger partial charge in [0.05, 0.1) is 12.5 Å². The fraction of sp³-hybridized carbons (Fsp3) is 0.316. The molecule has 0 amide bonds. The Hall–Kier alpha value is -2.33. The van der Waals surface area contributed by atoms with E-state index in [1.807, 2.05) is 42.5 Å². The van der Waals surface area contributed by atoms with Crippen molar-refractivity contribution in [3.05, 3.63) is 65.7 Å². The van der Waals surface area contributed by atoms with Crippen molar-refractivity contribution in [2.45, 2.75) is 26.4 Å². The van der Waals surface area contributed by atoms with Crippen LogP contribution < -0.4 is 11.1 Å². The minimum absolute atomic E-state index is 0.309. The van der Waals surface area contributed by atoms with Gasteiger partial charge in [0, 0.05) is 18.3 Å². The van der Waals surface area contributed by atoms with Gasteiger partial charge in [0.15, 0.2) is 0 Å². The van der Waals surface area contributed by atoms with Crippen molar-refractivity contribution in [1.29, 1.82) is 0 Å². The van der Waals surface area contributed by atoms with E-state index in [0.717, 1.165) is 17.8 Å². The molecule has 122 valence electrons. The van der Waals surface area contributed by atoms with Gasteiger partial charge in [0.25, 0.3) is 0 Å². The predicted octanol–water partition coefficient (Wildman–Crippen LogP) is 3.50. The number of benzene rings is 2. The Labute approximate surface area is 137 Å². The topological polar surface area (TPSA) is 64.3 Å². The number of hydrogen-bond donors (Lipinski definition) is 2. The van der Waals surface area contributed by atoms with E-state index in [-0.39, 0.29) is 5.97 Å². The smallest absolute Gasteiger partial charge is 0.313 e. The molecule has 3 N–H and O–H groups in total. The number of anilines is 1. The largest absolute Gasteiger partial charge is 0.469 e. The Balaban J connectivity index is 2.03. The second-order valence-electron chi connectivity index (χ2n) is 6.15. The lowest BCUT2D eigenvalue weighted by atomic mass is 9.81. The molecule has 0 heterocycles. The maximum absolute atomic E-state index is 11.9. The van der Waals surface area contributed by atoms with Crippen molar-refractivity contribution in [1.82, 2.24) is 0 Å². The minimum atomic E-state index is -0.770. The van der Waals surface area contributed by atoms with Gasteiger partial charge in [-0.2, -0.15) is 0 Å². The van der Waals surface area contributed by atoms with Crippen LogP contribution in [0.3, 0.4) is 0 Å². The van der Waals surface area contributed by atoms with Gasteiger partial charge in [-0.1, -0.05) is 42.5 Å². The standard InChI is InChI=1S/C19H24N2O2/c1-19(2,18(22)23-3)17(20)15-9-11-16(12-10-15)21-13-14-7-5-4-6-8-14/h4-12,17,21H,13,20H2,1-3H3/t17-/m0/s1. The number of methoxy groups -OCH3 is 1. The second kappa shape index (κ2) is 7.29. The van der Waals surface area contributed by atoms with E-state index in [0.29, 0.717) is 0 Å². The van der Waals surface area contributed by atoms with E-state index >= 15 is 0 Å². The van der Waals surface area contributed by atoms with E-state index in [9.17, 15) is 4.79 Å². The fourth-order valence-corrected chi connectivity index (χ4v) is 2.41. The average Bonchev–Trinajstić information content (AvgIpc) is 2.59. The molecular formula is C19H24N2O2. The van der Waals surface area contributed by atoms with Crippen molar-refractivity contribution < 1.29 is 9.53 Å². The molecule has 0 saturated carbocycles. The summed E-state index contributed by atoms with van der Waals surface area (Å²) in [7, 11) is 1.38. The van der Waals surface area contributed by atoms with Crippen LogP contribution in [0.2, 0.25) is 0 Å². The molecule has 0 fully saturated rings. The van der Waals surface area contributed by atoms with Gasteiger partial charge in [-0.25, -0.2) is 0 Å². The molecule has 4 nitrogen and oxygen atoms in total. The molecule has 23 heavy (non-hydrogen) atoms. The zero-order chi connectivity index (χ0) is 16.9. The highest BCUT2D eigenvalue weighted by Gasteiger charge is 2.36. The third-order valence-corrected chi connectivity index (χ3v) is 4.10. The van der Waals surface area contributed by atoms with E-state index in [2.05, 4.69) is 17.4 Å². The SMILES string of the molecule is COC(=O)C(C)(C)[C@@H](N)c1ccc(NCc2ccccc2)cc1. The van der Waals surface area contributed by atoms with E-state index < -0.39 is 11.5 Å². The Kier molecular flexibility index (Phi) is 5.40. The van der Waals surface area contributed by atoms with Crippen LogP contribution in [0.25, 0.3) is 0 Å². The number of nitrogens with one attached hydrogen (secondary N) is 1. The summed E-state index contributed by atoms with van der Waals surface area (Å²) < 4.78 is 4.84. The number of carbonyl (C=O) groups is 1. The summed E-state index contributed by atoms with van der Waals surface area (Å²) in [6.07, 6.45) is 0. The molecule has 2 aromatic rings. The summed E-state index contributed by atoms with van der Waals surface area (Å²) in [5.41, 5.74) is 8.62. The summed E-state index contributed by atoms with van der Waals surface area (Å²) >= 11 is 0. The van der Waals surface area contributed by atoms with Crippen LogP contribution in [-0.2, 0) is 16.1 Å². The monoisotopic (exact) mass is 312 g/mol. The molecule has 0 spiro atoms.